The van der Waals surface area contributed by atoms with Crippen LogP contribution in [0.4, 0.5) is 0 Å². The molecule has 1 N–H and O–H groups in total. The first-order chi connectivity index (χ1) is 11.1. The summed E-state index contributed by atoms with van der Waals surface area (Å²) in [6, 6.07) is 15.3. The number of hydrogen-bond donors (Lipinski definition) is 1. The summed E-state index contributed by atoms with van der Waals surface area (Å²) in [5.41, 5.74) is 1.23. The highest BCUT2D eigenvalue weighted by Gasteiger charge is 2.36. The van der Waals surface area contributed by atoms with Crippen LogP contribution >= 0.6 is 11.9 Å². The predicted octanol–water partition coefficient (Wildman–Crippen LogP) is 3.24. The van der Waals surface area contributed by atoms with E-state index in [1.807, 2.05) is 6.07 Å². The van der Waals surface area contributed by atoms with Crippen molar-refractivity contribution in [2.24, 2.45) is 0 Å². The minimum atomic E-state index is -0.352. The first kappa shape index (κ1) is 13.8. The first-order valence-electron chi connectivity index (χ1n) is 6.90. The molecule has 0 atom stereocenters. The van der Waals surface area contributed by atoms with Gasteiger partial charge in [-0.25, -0.2) is 9.29 Å². The molecule has 0 fully saturated rings. The number of benzene rings is 2. The fourth-order valence-electron chi connectivity index (χ4n) is 2.51. The quantitative estimate of drug-likeness (QED) is 0.579. The number of pyridine rings is 1. The number of para-hydroxylation sites is 1. The van der Waals surface area contributed by atoms with Gasteiger partial charge in [0, 0.05) is 17.3 Å². The van der Waals surface area contributed by atoms with Crippen LogP contribution in [0.1, 0.15) is 20.7 Å². The summed E-state index contributed by atoms with van der Waals surface area (Å²) in [4.78, 5) is 29.0. The normalized spacial score (nSPS) is 13.7. The second kappa shape index (κ2) is 5.10. The van der Waals surface area contributed by atoms with Gasteiger partial charge >= 0.3 is 0 Å². The summed E-state index contributed by atoms with van der Waals surface area (Å²) in [5, 5.41) is 11.1. The molecule has 0 unspecified atom stereocenters. The second-order valence-corrected chi connectivity index (χ2v) is 6.01. The largest absolute Gasteiger partial charge is 0.506 e. The lowest BCUT2D eigenvalue weighted by Gasteiger charge is -2.12. The van der Waals surface area contributed by atoms with E-state index in [1.165, 1.54) is 0 Å². The predicted molar refractivity (Wildman–Crippen MR) is 86.2 cm³/mol. The molecule has 0 saturated carbocycles. The van der Waals surface area contributed by atoms with E-state index in [-0.39, 0.29) is 17.6 Å². The Morgan fingerprint density at radius 1 is 0.870 bits per heavy atom. The molecule has 2 heterocycles. The number of rotatable bonds is 2. The van der Waals surface area contributed by atoms with Gasteiger partial charge in [-0.3, -0.25) is 9.59 Å². The van der Waals surface area contributed by atoms with Crippen LogP contribution in [-0.4, -0.2) is 26.2 Å². The maximum Gasteiger partial charge on any atom is 0.272 e. The second-order valence-electron chi connectivity index (χ2n) is 5.04. The van der Waals surface area contributed by atoms with E-state index in [0.29, 0.717) is 21.7 Å². The van der Waals surface area contributed by atoms with Gasteiger partial charge in [0.25, 0.3) is 11.8 Å². The Morgan fingerprint density at radius 2 is 1.57 bits per heavy atom. The standard InChI is InChI=1S/C17H10N2O3S/c20-13-7-3-4-10-8-9-14(18-15(10)13)23-19-16(21)11-5-1-2-6-12(11)17(19)22/h1-9,20H. The molecular formula is C17H10N2O3S. The minimum absolute atomic E-state index is 0.0623. The van der Waals surface area contributed by atoms with Crippen LogP contribution in [0.3, 0.4) is 0 Å². The lowest BCUT2D eigenvalue weighted by Crippen LogP contribution is -2.22. The van der Waals surface area contributed by atoms with E-state index in [1.54, 1.807) is 48.5 Å². The first-order valence-corrected chi connectivity index (χ1v) is 7.67. The molecule has 1 aromatic heterocycles. The van der Waals surface area contributed by atoms with Gasteiger partial charge in [0.15, 0.2) is 0 Å². The molecule has 0 spiro atoms. The van der Waals surface area contributed by atoms with Crippen LogP contribution in [0.25, 0.3) is 10.9 Å². The van der Waals surface area contributed by atoms with Crippen LogP contribution in [-0.2, 0) is 0 Å². The third-order valence-electron chi connectivity index (χ3n) is 3.62. The number of aromatic hydroxyl groups is 1. The van der Waals surface area contributed by atoms with Gasteiger partial charge in [0.05, 0.1) is 11.1 Å². The maximum atomic E-state index is 12.3. The van der Waals surface area contributed by atoms with Crippen LogP contribution in [0.5, 0.6) is 5.75 Å². The summed E-state index contributed by atoms with van der Waals surface area (Å²) >= 11 is 0.960. The lowest BCUT2D eigenvalue weighted by molar-refractivity contribution is 0.0777. The highest BCUT2D eigenvalue weighted by Crippen LogP contribution is 2.33. The van der Waals surface area contributed by atoms with E-state index in [4.69, 9.17) is 0 Å². The number of phenolic OH excluding ortho intramolecular Hbond substituents is 1. The molecule has 2 amide bonds. The van der Waals surface area contributed by atoms with Crippen molar-refractivity contribution in [1.29, 1.82) is 0 Å². The molecule has 112 valence electrons. The lowest BCUT2D eigenvalue weighted by atomic mass is 10.1. The maximum absolute atomic E-state index is 12.3. The Morgan fingerprint density at radius 3 is 2.26 bits per heavy atom. The number of nitrogens with zero attached hydrogens (tertiary/aromatic N) is 2. The average molecular weight is 322 g/mol. The van der Waals surface area contributed by atoms with Crippen LogP contribution in [0, 0.1) is 0 Å². The molecule has 0 saturated heterocycles. The summed E-state index contributed by atoms with van der Waals surface area (Å²) in [6.07, 6.45) is 0. The molecule has 5 nitrogen and oxygen atoms in total. The molecule has 4 rings (SSSR count). The average Bonchev–Trinajstić information content (AvgIpc) is 2.81. The summed E-state index contributed by atoms with van der Waals surface area (Å²) in [6.45, 7) is 0. The van der Waals surface area contributed by atoms with Crippen molar-refractivity contribution in [3.8, 4) is 5.75 Å². The molecule has 2 aromatic carbocycles. The van der Waals surface area contributed by atoms with Crippen LogP contribution < -0.4 is 0 Å². The third kappa shape index (κ3) is 2.15. The molecule has 1 aliphatic rings. The Kier molecular flexibility index (Phi) is 3.06. The summed E-state index contributed by atoms with van der Waals surface area (Å²) < 4.78 is 1.10. The Balaban J connectivity index is 1.71. The number of carbonyl (C=O) groups excluding carboxylic acids is 2. The Bertz CT molecular complexity index is 936. The highest BCUT2D eigenvalue weighted by atomic mass is 32.2. The Hall–Kier alpha value is -2.86. The monoisotopic (exact) mass is 322 g/mol. The van der Waals surface area contributed by atoms with Crippen molar-refractivity contribution in [2.75, 3.05) is 0 Å². The van der Waals surface area contributed by atoms with E-state index in [0.717, 1.165) is 21.6 Å². The number of carbonyl (C=O) groups is 2. The van der Waals surface area contributed by atoms with Gasteiger partial charge in [0.1, 0.15) is 16.3 Å². The van der Waals surface area contributed by atoms with E-state index < -0.39 is 0 Å². The van der Waals surface area contributed by atoms with Gasteiger partial charge in [-0.2, -0.15) is 0 Å². The van der Waals surface area contributed by atoms with Crippen LogP contribution in [0.2, 0.25) is 0 Å². The van der Waals surface area contributed by atoms with Crippen molar-refractivity contribution in [2.45, 2.75) is 5.03 Å². The molecule has 23 heavy (non-hydrogen) atoms. The zero-order valence-electron chi connectivity index (χ0n) is 11.8. The van der Waals surface area contributed by atoms with Crippen molar-refractivity contribution >= 4 is 34.7 Å². The van der Waals surface area contributed by atoms with E-state index in [9.17, 15) is 14.7 Å². The molecule has 0 radical (unpaired) electrons. The van der Waals surface area contributed by atoms with Crippen LogP contribution in [0.15, 0.2) is 59.6 Å². The molecule has 1 aliphatic heterocycles. The number of imide groups is 1. The minimum Gasteiger partial charge on any atom is -0.506 e. The van der Waals surface area contributed by atoms with Crippen molar-refractivity contribution in [1.82, 2.24) is 9.29 Å². The fraction of sp³-hybridized carbons (Fsp3) is 0. The molecule has 0 aliphatic carbocycles. The zero-order chi connectivity index (χ0) is 16.0. The fourth-order valence-corrected chi connectivity index (χ4v) is 3.32. The number of hydrogen-bond acceptors (Lipinski definition) is 5. The summed E-state index contributed by atoms with van der Waals surface area (Å²) in [7, 11) is 0. The Labute approximate surface area is 135 Å². The molecule has 6 heteroatoms. The van der Waals surface area contributed by atoms with Gasteiger partial charge in [-0.15, -0.1) is 0 Å². The number of aromatic nitrogens is 1. The van der Waals surface area contributed by atoms with Gasteiger partial charge in [-0.05, 0) is 30.3 Å². The van der Waals surface area contributed by atoms with Crippen molar-refractivity contribution < 1.29 is 14.7 Å². The SMILES string of the molecule is O=C1c2ccccc2C(=O)N1Sc1ccc2cccc(O)c2n1. The highest BCUT2D eigenvalue weighted by molar-refractivity contribution is 7.98. The van der Waals surface area contributed by atoms with Crippen molar-refractivity contribution in [3.63, 3.8) is 0 Å². The third-order valence-corrected chi connectivity index (χ3v) is 4.54. The molecule has 0 bridgehead atoms. The van der Waals surface area contributed by atoms with Gasteiger partial charge in [0.2, 0.25) is 0 Å². The van der Waals surface area contributed by atoms with Crippen molar-refractivity contribution in [3.05, 3.63) is 65.7 Å². The number of fused-ring (bicyclic) bond motifs is 2. The van der Waals surface area contributed by atoms with Gasteiger partial charge < -0.3 is 5.11 Å². The van der Waals surface area contributed by atoms with Gasteiger partial charge in [-0.1, -0.05) is 24.3 Å². The zero-order valence-corrected chi connectivity index (χ0v) is 12.6. The number of phenols is 1. The smallest absolute Gasteiger partial charge is 0.272 e. The topological polar surface area (TPSA) is 70.5 Å². The molecular weight excluding hydrogens is 312 g/mol. The summed E-state index contributed by atoms with van der Waals surface area (Å²) in [5.74, 6) is -0.642. The van der Waals surface area contributed by atoms with E-state index >= 15 is 0 Å². The molecule has 3 aromatic rings. The number of amides is 2. The van der Waals surface area contributed by atoms with E-state index in [2.05, 4.69) is 4.98 Å².